The number of aromatic nitrogens is 2. The molecule has 140 valence electrons. The molecule has 0 aliphatic rings. The maximum absolute atomic E-state index is 12.2. The van der Waals surface area contributed by atoms with Gasteiger partial charge in [-0.1, -0.05) is 36.1 Å². The van der Waals surface area contributed by atoms with Gasteiger partial charge in [0, 0.05) is 16.7 Å². The molecule has 3 aromatic rings. The van der Waals surface area contributed by atoms with Gasteiger partial charge in [0.1, 0.15) is 11.4 Å². The van der Waals surface area contributed by atoms with Crippen LogP contribution in [0.5, 0.6) is 5.75 Å². The highest BCUT2D eigenvalue weighted by molar-refractivity contribution is 5.94. The molecule has 2 aromatic carbocycles. The molecule has 6 nitrogen and oxygen atoms in total. The Hall–Kier alpha value is -3.85. The minimum Gasteiger partial charge on any atom is -0.497 e. The molecule has 1 heterocycles. The van der Waals surface area contributed by atoms with Crippen molar-refractivity contribution in [2.24, 2.45) is 0 Å². The summed E-state index contributed by atoms with van der Waals surface area (Å²) in [4.78, 5) is 23.5. The Bertz CT molecular complexity index is 1060. The first-order valence-corrected chi connectivity index (χ1v) is 8.65. The number of ketones is 1. The lowest BCUT2D eigenvalue weighted by molar-refractivity contribution is 0.0952. The second-order valence-electron chi connectivity index (χ2n) is 6.02. The van der Waals surface area contributed by atoms with Crippen LogP contribution in [0.4, 0.5) is 0 Å². The van der Waals surface area contributed by atoms with Crippen molar-refractivity contribution < 1.29 is 14.3 Å². The first kappa shape index (κ1) is 18.9. The molecule has 3 rings (SSSR count). The summed E-state index contributed by atoms with van der Waals surface area (Å²) in [6.45, 7) is 1.71. The number of hydrogen-bond acceptors (Lipinski definition) is 4. The fourth-order valence-corrected chi connectivity index (χ4v) is 2.52. The molecule has 6 heteroatoms. The van der Waals surface area contributed by atoms with Gasteiger partial charge in [0.25, 0.3) is 5.91 Å². The van der Waals surface area contributed by atoms with Crippen molar-refractivity contribution in [3.8, 4) is 28.8 Å². The number of carbonyl (C=O) groups is 2. The Morgan fingerprint density at radius 2 is 1.93 bits per heavy atom. The predicted octanol–water partition coefficient (Wildman–Crippen LogP) is 3.07. The lowest BCUT2D eigenvalue weighted by atomic mass is 10.1. The molecule has 0 atom stereocenters. The van der Waals surface area contributed by atoms with Gasteiger partial charge in [-0.2, -0.15) is 5.10 Å². The van der Waals surface area contributed by atoms with E-state index in [9.17, 15) is 9.59 Å². The van der Waals surface area contributed by atoms with Crippen LogP contribution in [0.15, 0.2) is 54.6 Å². The zero-order valence-electron chi connectivity index (χ0n) is 15.6. The largest absolute Gasteiger partial charge is 0.497 e. The number of hydrogen-bond donors (Lipinski definition) is 2. The number of nitrogens with one attached hydrogen (secondary N) is 2. The second-order valence-corrected chi connectivity index (χ2v) is 6.02. The highest BCUT2D eigenvalue weighted by atomic mass is 16.5. The molecular formula is C22H19N3O3. The van der Waals surface area contributed by atoms with E-state index in [0.29, 0.717) is 17.0 Å². The van der Waals surface area contributed by atoms with Crippen molar-refractivity contribution in [3.05, 3.63) is 71.4 Å². The van der Waals surface area contributed by atoms with Crippen molar-refractivity contribution in [2.45, 2.75) is 6.92 Å². The molecule has 28 heavy (non-hydrogen) atoms. The molecule has 1 aromatic heterocycles. The van der Waals surface area contributed by atoms with Gasteiger partial charge in [-0.25, -0.2) is 0 Å². The van der Waals surface area contributed by atoms with E-state index in [1.165, 1.54) is 6.92 Å². The summed E-state index contributed by atoms with van der Waals surface area (Å²) >= 11 is 0. The average molecular weight is 373 g/mol. The molecule has 0 spiro atoms. The SMILES string of the molecule is COc1cccc(-c2cc(C(=O)NCC#Cc3ccc(C(C)=O)cc3)[nH]n2)c1. The minimum atomic E-state index is -0.289. The van der Waals surface area contributed by atoms with Crippen LogP contribution in [0.1, 0.15) is 33.3 Å². The summed E-state index contributed by atoms with van der Waals surface area (Å²) < 4.78 is 5.20. The number of rotatable bonds is 5. The summed E-state index contributed by atoms with van der Waals surface area (Å²) in [5, 5.41) is 9.63. The van der Waals surface area contributed by atoms with Crippen LogP contribution >= 0.6 is 0 Å². The molecular weight excluding hydrogens is 354 g/mol. The number of nitrogens with zero attached hydrogens (tertiary/aromatic N) is 1. The predicted molar refractivity (Wildman–Crippen MR) is 106 cm³/mol. The van der Waals surface area contributed by atoms with Crippen LogP contribution in [0, 0.1) is 11.8 Å². The number of aromatic amines is 1. The Kier molecular flexibility index (Phi) is 5.87. The zero-order valence-corrected chi connectivity index (χ0v) is 15.6. The minimum absolute atomic E-state index is 0.0136. The third kappa shape index (κ3) is 4.65. The number of ether oxygens (including phenoxy) is 1. The van der Waals surface area contributed by atoms with E-state index >= 15 is 0 Å². The summed E-state index contributed by atoms with van der Waals surface area (Å²) in [5.74, 6) is 6.28. The first-order valence-electron chi connectivity index (χ1n) is 8.65. The normalized spacial score (nSPS) is 9.93. The molecule has 2 N–H and O–H groups in total. The highest BCUT2D eigenvalue weighted by Gasteiger charge is 2.10. The maximum atomic E-state index is 12.2. The second kappa shape index (κ2) is 8.69. The van der Waals surface area contributed by atoms with Gasteiger partial charge in [-0.15, -0.1) is 0 Å². The summed E-state index contributed by atoms with van der Waals surface area (Å²) in [6.07, 6.45) is 0. The van der Waals surface area contributed by atoms with E-state index in [2.05, 4.69) is 27.4 Å². The lowest BCUT2D eigenvalue weighted by Crippen LogP contribution is -2.23. The Labute approximate surface area is 162 Å². The fourth-order valence-electron chi connectivity index (χ4n) is 2.52. The Morgan fingerprint density at radius 3 is 2.64 bits per heavy atom. The lowest BCUT2D eigenvalue weighted by Gasteiger charge is -2.01. The average Bonchev–Trinajstić information content (AvgIpc) is 3.22. The van der Waals surface area contributed by atoms with Crippen molar-refractivity contribution in [1.29, 1.82) is 0 Å². The monoisotopic (exact) mass is 373 g/mol. The van der Waals surface area contributed by atoms with Gasteiger partial charge in [-0.05, 0) is 37.3 Å². The van der Waals surface area contributed by atoms with Crippen molar-refractivity contribution in [2.75, 3.05) is 13.7 Å². The molecule has 0 radical (unpaired) electrons. The number of H-pyrrole nitrogens is 1. The van der Waals surface area contributed by atoms with Crippen LogP contribution in [-0.4, -0.2) is 35.5 Å². The van der Waals surface area contributed by atoms with E-state index < -0.39 is 0 Å². The maximum Gasteiger partial charge on any atom is 0.270 e. The highest BCUT2D eigenvalue weighted by Crippen LogP contribution is 2.22. The number of carbonyl (C=O) groups excluding carboxylic acids is 2. The van der Waals surface area contributed by atoms with E-state index in [1.807, 2.05) is 24.3 Å². The topological polar surface area (TPSA) is 84.1 Å². The molecule has 0 aliphatic carbocycles. The van der Waals surface area contributed by atoms with E-state index in [0.717, 1.165) is 16.9 Å². The third-order valence-corrected chi connectivity index (χ3v) is 4.05. The van der Waals surface area contributed by atoms with Gasteiger partial charge in [-0.3, -0.25) is 14.7 Å². The first-order chi connectivity index (χ1) is 13.6. The summed E-state index contributed by atoms with van der Waals surface area (Å²) in [6, 6.07) is 16.1. The standard InChI is InChI=1S/C22H19N3O3/c1-15(26)17-10-8-16(9-11-17)5-4-12-23-22(27)21-14-20(24-25-21)18-6-3-7-19(13-18)28-2/h3,6-11,13-14H,12H2,1-2H3,(H,23,27)(H,24,25). The van der Waals surface area contributed by atoms with Gasteiger partial charge in [0.05, 0.1) is 19.3 Å². The van der Waals surface area contributed by atoms with Gasteiger partial charge < -0.3 is 10.1 Å². The van der Waals surface area contributed by atoms with Gasteiger partial charge in [0.2, 0.25) is 0 Å². The van der Waals surface area contributed by atoms with E-state index in [4.69, 9.17) is 4.74 Å². The van der Waals surface area contributed by atoms with Crippen LogP contribution < -0.4 is 10.1 Å². The molecule has 0 aliphatic heterocycles. The number of Topliss-reactive ketones (excluding diaryl/α,β-unsaturated/α-hetero) is 1. The van der Waals surface area contributed by atoms with Crippen LogP contribution in [0.25, 0.3) is 11.3 Å². The number of amides is 1. The van der Waals surface area contributed by atoms with E-state index in [1.54, 1.807) is 37.4 Å². The third-order valence-electron chi connectivity index (χ3n) is 4.05. The Morgan fingerprint density at radius 1 is 1.14 bits per heavy atom. The zero-order chi connectivity index (χ0) is 19.9. The fraction of sp³-hybridized carbons (Fsp3) is 0.136. The van der Waals surface area contributed by atoms with Crippen LogP contribution in [0.3, 0.4) is 0 Å². The van der Waals surface area contributed by atoms with E-state index in [-0.39, 0.29) is 18.2 Å². The quantitative estimate of drug-likeness (QED) is 0.532. The van der Waals surface area contributed by atoms with Gasteiger partial charge in [0.15, 0.2) is 5.78 Å². The summed E-state index contributed by atoms with van der Waals surface area (Å²) in [7, 11) is 1.60. The number of methoxy groups -OCH3 is 1. The van der Waals surface area contributed by atoms with Crippen LogP contribution in [-0.2, 0) is 0 Å². The van der Waals surface area contributed by atoms with Crippen molar-refractivity contribution in [3.63, 3.8) is 0 Å². The Balaban J connectivity index is 1.59. The number of benzene rings is 2. The molecule has 0 fully saturated rings. The molecule has 0 saturated heterocycles. The molecule has 0 unspecified atom stereocenters. The van der Waals surface area contributed by atoms with Crippen LogP contribution in [0.2, 0.25) is 0 Å². The summed E-state index contributed by atoms with van der Waals surface area (Å²) in [5.41, 5.74) is 3.28. The molecule has 1 amide bonds. The van der Waals surface area contributed by atoms with Crippen molar-refractivity contribution >= 4 is 11.7 Å². The molecule has 0 bridgehead atoms. The molecule has 0 saturated carbocycles. The smallest absolute Gasteiger partial charge is 0.270 e. The van der Waals surface area contributed by atoms with Crippen molar-refractivity contribution in [1.82, 2.24) is 15.5 Å². The van der Waals surface area contributed by atoms with Gasteiger partial charge >= 0.3 is 0 Å².